The zero-order valence-corrected chi connectivity index (χ0v) is 17.7. The van der Waals surface area contributed by atoms with Crippen LogP contribution in [0.15, 0.2) is 65.8 Å². The smallest absolute Gasteiger partial charge is 0.213 e. The Morgan fingerprint density at radius 1 is 0.966 bits per heavy atom. The highest BCUT2D eigenvalue weighted by molar-refractivity contribution is 6.31. The predicted octanol–water partition coefficient (Wildman–Crippen LogP) is 6.85. The summed E-state index contributed by atoms with van der Waals surface area (Å²) in [5.41, 5.74) is 6.76. The van der Waals surface area contributed by atoms with Gasteiger partial charge < -0.3 is 4.74 Å². The largest absolute Gasteiger partial charge is 0.464 e. The first-order valence-electron chi connectivity index (χ1n) is 9.64. The third kappa shape index (κ3) is 3.29. The van der Waals surface area contributed by atoms with Crippen LogP contribution in [0, 0.1) is 13.8 Å². The van der Waals surface area contributed by atoms with E-state index in [2.05, 4.69) is 37.1 Å². The lowest BCUT2D eigenvalue weighted by molar-refractivity contribution is -0.0190. The van der Waals surface area contributed by atoms with E-state index in [-0.39, 0.29) is 12.3 Å². The van der Waals surface area contributed by atoms with Crippen molar-refractivity contribution in [2.75, 3.05) is 0 Å². The molecule has 0 aromatic heterocycles. The molecule has 2 atom stereocenters. The molecule has 0 aliphatic carbocycles. The molecule has 0 unspecified atom stereocenters. The van der Waals surface area contributed by atoms with Crippen molar-refractivity contribution in [3.05, 3.63) is 98.5 Å². The number of halogens is 2. The number of hydrogen-bond acceptors (Lipinski definition) is 3. The van der Waals surface area contributed by atoms with Gasteiger partial charge in [-0.05, 0) is 55.8 Å². The van der Waals surface area contributed by atoms with Gasteiger partial charge in [-0.3, -0.25) is 0 Å². The number of fused-ring (bicyclic) bond motifs is 3. The fraction of sp³-hybridized carbons (Fsp3) is 0.208. The molecule has 2 aliphatic rings. The van der Waals surface area contributed by atoms with Gasteiger partial charge in [-0.15, -0.1) is 0 Å². The van der Waals surface area contributed by atoms with Crippen molar-refractivity contribution in [2.45, 2.75) is 32.5 Å². The highest BCUT2D eigenvalue weighted by atomic mass is 35.5. The van der Waals surface area contributed by atoms with Crippen LogP contribution in [-0.4, -0.2) is 10.7 Å². The molecule has 0 saturated carbocycles. The summed E-state index contributed by atoms with van der Waals surface area (Å²) in [6.45, 7) is 4.24. The van der Waals surface area contributed by atoms with E-state index in [0.29, 0.717) is 10.0 Å². The fourth-order valence-electron chi connectivity index (χ4n) is 4.15. The maximum atomic E-state index is 6.38. The maximum absolute atomic E-state index is 6.38. The van der Waals surface area contributed by atoms with Gasteiger partial charge in [-0.1, -0.05) is 53.0 Å². The van der Waals surface area contributed by atoms with Crippen molar-refractivity contribution >= 4 is 28.9 Å². The lowest BCUT2D eigenvalue weighted by Gasteiger charge is -2.38. The van der Waals surface area contributed by atoms with Crippen LogP contribution >= 0.6 is 23.2 Å². The first kappa shape index (κ1) is 18.5. The van der Waals surface area contributed by atoms with Gasteiger partial charge in [0.15, 0.2) is 0 Å². The molecule has 5 rings (SSSR count). The highest BCUT2D eigenvalue weighted by Gasteiger charge is 2.41. The fourth-order valence-corrected chi connectivity index (χ4v) is 4.53. The van der Waals surface area contributed by atoms with Crippen molar-refractivity contribution in [1.82, 2.24) is 5.01 Å². The minimum Gasteiger partial charge on any atom is -0.464 e. The van der Waals surface area contributed by atoms with E-state index in [1.54, 1.807) is 0 Å². The third-order valence-corrected chi connectivity index (χ3v) is 6.06. The number of hydrazone groups is 1. The maximum Gasteiger partial charge on any atom is 0.213 e. The molecule has 5 heteroatoms. The second-order valence-corrected chi connectivity index (χ2v) is 8.55. The van der Waals surface area contributed by atoms with Crippen molar-refractivity contribution in [3.63, 3.8) is 0 Å². The average molecular weight is 423 g/mol. The van der Waals surface area contributed by atoms with Crippen LogP contribution < -0.4 is 4.74 Å². The zero-order chi connectivity index (χ0) is 20.1. The summed E-state index contributed by atoms with van der Waals surface area (Å²) in [7, 11) is 0. The van der Waals surface area contributed by atoms with E-state index < -0.39 is 0 Å². The van der Waals surface area contributed by atoms with Gasteiger partial charge in [0.05, 0.1) is 11.8 Å². The Morgan fingerprint density at radius 2 is 1.79 bits per heavy atom. The summed E-state index contributed by atoms with van der Waals surface area (Å²) in [5, 5.41) is 8.48. The van der Waals surface area contributed by atoms with Crippen molar-refractivity contribution in [3.8, 4) is 5.75 Å². The molecule has 2 heterocycles. The Hall–Kier alpha value is -2.49. The van der Waals surface area contributed by atoms with Crippen molar-refractivity contribution in [1.29, 1.82) is 0 Å². The zero-order valence-electron chi connectivity index (χ0n) is 16.2. The highest BCUT2D eigenvalue weighted by Crippen LogP contribution is 2.48. The summed E-state index contributed by atoms with van der Waals surface area (Å²) in [4.78, 5) is 0. The Balaban J connectivity index is 1.64. The van der Waals surface area contributed by atoms with Crippen LogP contribution in [0.1, 0.15) is 46.5 Å². The predicted molar refractivity (Wildman–Crippen MR) is 118 cm³/mol. The molecule has 0 radical (unpaired) electrons. The average Bonchev–Trinajstić information content (AvgIpc) is 3.15. The Labute approximate surface area is 180 Å². The first-order chi connectivity index (χ1) is 14.0. The molecule has 0 N–H and O–H groups in total. The first-order valence-corrected chi connectivity index (χ1v) is 10.4. The van der Waals surface area contributed by atoms with Gasteiger partial charge in [0, 0.05) is 33.2 Å². The molecule has 0 saturated heterocycles. The molecule has 3 nitrogen and oxygen atoms in total. The minimum atomic E-state index is -0.338. The van der Waals surface area contributed by atoms with Crippen LogP contribution in [0.2, 0.25) is 10.0 Å². The molecule has 29 heavy (non-hydrogen) atoms. The summed E-state index contributed by atoms with van der Waals surface area (Å²) in [6.07, 6.45) is 0.466. The number of ether oxygens (including phenoxy) is 1. The molecular weight excluding hydrogens is 403 g/mol. The number of hydrogen-bond donors (Lipinski definition) is 0. The normalized spacial score (nSPS) is 20.0. The molecule has 0 amide bonds. The summed E-state index contributed by atoms with van der Waals surface area (Å²) >= 11 is 12.6. The Kier molecular flexibility index (Phi) is 4.53. The van der Waals surface area contributed by atoms with Gasteiger partial charge in [-0.25, -0.2) is 5.01 Å². The summed E-state index contributed by atoms with van der Waals surface area (Å²) < 4.78 is 6.38. The van der Waals surface area contributed by atoms with Gasteiger partial charge in [0.1, 0.15) is 5.75 Å². The quantitative estimate of drug-likeness (QED) is 0.450. The molecule has 0 bridgehead atoms. The number of aryl methyl sites for hydroxylation is 2. The topological polar surface area (TPSA) is 24.8 Å². The van der Waals surface area contributed by atoms with Gasteiger partial charge in [0.25, 0.3) is 0 Å². The van der Waals surface area contributed by atoms with Crippen LogP contribution in [0.5, 0.6) is 5.75 Å². The molecule has 3 aromatic rings. The lowest BCUT2D eigenvalue weighted by Crippen LogP contribution is -2.33. The number of nitrogens with zero attached hydrogens (tertiary/aromatic N) is 2. The van der Waals surface area contributed by atoms with E-state index >= 15 is 0 Å². The third-order valence-electron chi connectivity index (χ3n) is 5.59. The second kappa shape index (κ2) is 7.08. The monoisotopic (exact) mass is 422 g/mol. The van der Waals surface area contributed by atoms with Gasteiger partial charge in [0.2, 0.25) is 6.23 Å². The van der Waals surface area contributed by atoms with Crippen molar-refractivity contribution < 1.29 is 4.74 Å². The van der Waals surface area contributed by atoms with Crippen LogP contribution in [0.4, 0.5) is 0 Å². The number of rotatable bonds is 2. The molecule has 0 fully saturated rings. The molecule has 0 spiro atoms. The van der Waals surface area contributed by atoms with Gasteiger partial charge in [-0.2, -0.15) is 5.10 Å². The Morgan fingerprint density at radius 3 is 2.62 bits per heavy atom. The van der Waals surface area contributed by atoms with Crippen molar-refractivity contribution in [2.24, 2.45) is 5.10 Å². The number of benzene rings is 3. The van der Waals surface area contributed by atoms with Crippen LogP contribution in [-0.2, 0) is 0 Å². The van der Waals surface area contributed by atoms with Gasteiger partial charge >= 0.3 is 0 Å². The van der Waals surface area contributed by atoms with E-state index in [1.807, 2.05) is 42.5 Å². The van der Waals surface area contributed by atoms with E-state index in [9.17, 15) is 0 Å². The molecule has 2 aliphatic heterocycles. The van der Waals surface area contributed by atoms with E-state index in [1.165, 1.54) is 16.7 Å². The standard InChI is InChI=1S/C24H20Cl2N2O/c1-14-6-7-15(2)19(10-14)21-13-22-20-12-18(26)8-9-23(20)29-24(28(22)27-21)16-4-3-5-17(25)11-16/h3-12,22,24H,13H2,1-2H3/t22-,24+/m1/s1. The second-order valence-electron chi connectivity index (χ2n) is 7.67. The Bertz CT molecular complexity index is 1140. The SMILES string of the molecule is Cc1ccc(C)c(C2=NN3[C@H](C2)c2cc(Cl)ccc2O[C@H]3c2cccc(Cl)c2)c1. The summed E-state index contributed by atoms with van der Waals surface area (Å²) in [5.74, 6) is 0.845. The minimum absolute atomic E-state index is 0.0661. The van der Waals surface area contributed by atoms with Crippen LogP contribution in [0.3, 0.4) is 0 Å². The van der Waals surface area contributed by atoms with Crippen LogP contribution in [0.25, 0.3) is 0 Å². The van der Waals surface area contributed by atoms with E-state index in [4.69, 9.17) is 33.0 Å². The lowest BCUT2D eigenvalue weighted by atomic mass is 9.93. The van der Waals surface area contributed by atoms with E-state index in [0.717, 1.165) is 29.0 Å². The summed E-state index contributed by atoms with van der Waals surface area (Å²) in [6, 6.07) is 20.1. The molecule has 146 valence electrons. The molecular formula is C24H20Cl2N2O. The molecule has 3 aromatic carbocycles.